The van der Waals surface area contributed by atoms with Gasteiger partial charge in [-0.3, -0.25) is 9.36 Å². The van der Waals surface area contributed by atoms with Crippen LogP contribution in [-0.2, 0) is 30.7 Å². The molecule has 0 atom stereocenters. The summed E-state index contributed by atoms with van der Waals surface area (Å²) in [5, 5.41) is 0. The Morgan fingerprint density at radius 2 is 2.00 bits per heavy atom. The van der Waals surface area contributed by atoms with Crippen molar-refractivity contribution in [3.05, 3.63) is 61.0 Å². The number of rotatable bonds is 6. The number of aryl methyl sites for hydroxylation is 1. The van der Waals surface area contributed by atoms with Crippen LogP contribution in [-0.4, -0.2) is 28.4 Å². The minimum atomic E-state index is -4.11. The van der Waals surface area contributed by atoms with Gasteiger partial charge in [-0.1, -0.05) is 17.7 Å². The summed E-state index contributed by atoms with van der Waals surface area (Å²) in [5.74, 6) is 0. The zero-order valence-electron chi connectivity index (χ0n) is 13.1. The van der Waals surface area contributed by atoms with Crippen LogP contribution in [0.15, 0.2) is 45.5 Å². The molecular weight excluding hydrogens is 374 g/mol. The van der Waals surface area contributed by atoms with Gasteiger partial charge < -0.3 is 4.57 Å². The van der Waals surface area contributed by atoms with Crippen LogP contribution >= 0.6 is 22.9 Å². The van der Waals surface area contributed by atoms with Crippen molar-refractivity contribution in [1.82, 2.24) is 13.4 Å². The van der Waals surface area contributed by atoms with Gasteiger partial charge in [-0.05, 0) is 12.1 Å². The van der Waals surface area contributed by atoms with Gasteiger partial charge in [0.2, 0.25) is 0 Å². The highest BCUT2D eigenvalue weighted by Crippen LogP contribution is 2.24. The first-order valence-electron chi connectivity index (χ1n) is 6.80. The third-order valence-corrected chi connectivity index (χ3v) is 6.34. The number of nitrogens with zero attached hydrogens (tertiary/aromatic N) is 3. The summed E-state index contributed by atoms with van der Waals surface area (Å²) in [4.78, 5) is 24.3. The highest BCUT2D eigenvalue weighted by atomic mass is 35.5. The molecule has 0 radical (unpaired) electrons. The maximum absolute atomic E-state index is 12.9. The fourth-order valence-electron chi connectivity index (χ4n) is 2.09. The van der Waals surface area contributed by atoms with Gasteiger partial charge in [0.1, 0.15) is 0 Å². The molecule has 2 aromatic rings. The Morgan fingerprint density at radius 3 is 2.54 bits per heavy atom. The maximum Gasteiger partial charge on any atom is 0.330 e. The molecule has 2 rings (SSSR count). The second-order valence-electron chi connectivity index (χ2n) is 5.04. The van der Waals surface area contributed by atoms with Crippen molar-refractivity contribution in [1.29, 1.82) is 0 Å². The van der Waals surface area contributed by atoms with E-state index in [9.17, 15) is 18.0 Å². The minimum absolute atomic E-state index is 0.0177. The largest absolute Gasteiger partial charge is 0.330 e. The predicted octanol–water partition coefficient (Wildman–Crippen LogP) is 1.18. The van der Waals surface area contributed by atoms with Gasteiger partial charge in [0.15, 0.2) is 4.90 Å². The highest BCUT2D eigenvalue weighted by molar-refractivity contribution is 7.89. The van der Waals surface area contributed by atoms with Gasteiger partial charge in [-0.15, -0.1) is 17.9 Å². The third-order valence-electron chi connectivity index (χ3n) is 3.33. The molecule has 0 aliphatic carbocycles. The first-order chi connectivity index (χ1) is 11.2. The van der Waals surface area contributed by atoms with Crippen molar-refractivity contribution in [2.24, 2.45) is 14.1 Å². The fraction of sp³-hybridized carbons (Fsp3) is 0.286. The van der Waals surface area contributed by atoms with Gasteiger partial charge in [0, 0.05) is 38.3 Å². The molecule has 24 heavy (non-hydrogen) atoms. The van der Waals surface area contributed by atoms with Crippen LogP contribution in [0.4, 0.5) is 0 Å². The standard InChI is InChI=1S/C14H16ClN3O4S2/c1-4-7-18(8-10-5-6-12(15)23-10)24(21,22)11-9-16(2)14(20)17(3)13(11)19/h4-6,9H,1,7-8H2,2-3H3. The molecule has 0 unspecified atom stereocenters. The van der Waals surface area contributed by atoms with Crippen LogP contribution in [0.5, 0.6) is 0 Å². The molecule has 7 nitrogen and oxygen atoms in total. The van der Waals surface area contributed by atoms with E-state index in [0.29, 0.717) is 4.34 Å². The van der Waals surface area contributed by atoms with E-state index < -0.39 is 26.2 Å². The van der Waals surface area contributed by atoms with E-state index in [2.05, 4.69) is 6.58 Å². The maximum atomic E-state index is 12.9. The second-order valence-corrected chi connectivity index (χ2v) is 8.75. The second kappa shape index (κ2) is 7.06. The highest BCUT2D eigenvalue weighted by Gasteiger charge is 2.28. The first-order valence-corrected chi connectivity index (χ1v) is 9.44. The van der Waals surface area contributed by atoms with Crippen LogP contribution in [0.3, 0.4) is 0 Å². The molecule has 0 spiro atoms. The number of aromatic nitrogens is 2. The zero-order valence-corrected chi connectivity index (χ0v) is 15.5. The Kier molecular flexibility index (Phi) is 5.49. The topological polar surface area (TPSA) is 81.4 Å². The van der Waals surface area contributed by atoms with E-state index in [1.54, 1.807) is 12.1 Å². The number of hydrogen-bond donors (Lipinski definition) is 0. The number of sulfonamides is 1. The Hall–Kier alpha value is -1.68. The van der Waals surface area contributed by atoms with Gasteiger partial charge in [0.05, 0.1) is 4.34 Å². The molecule has 0 aliphatic heterocycles. The number of halogens is 1. The normalized spacial score (nSPS) is 11.8. The molecule has 0 saturated carbocycles. The summed E-state index contributed by atoms with van der Waals surface area (Å²) in [5.41, 5.74) is -1.46. The molecule has 0 aliphatic rings. The Labute approximate surface area is 148 Å². The lowest BCUT2D eigenvalue weighted by Gasteiger charge is -2.20. The van der Waals surface area contributed by atoms with E-state index in [-0.39, 0.29) is 13.1 Å². The average molecular weight is 390 g/mol. The summed E-state index contributed by atoms with van der Waals surface area (Å²) in [6.07, 6.45) is 2.47. The lowest BCUT2D eigenvalue weighted by atomic mass is 10.4. The van der Waals surface area contributed by atoms with Crippen molar-refractivity contribution >= 4 is 33.0 Å². The van der Waals surface area contributed by atoms with Gasteiger partial charge >= 0.3 is 5.69 Å². The first kappa shape index (κ1) is 18.7. The van der Waals surface area contributed by atoms with Gasteiger partial charge in [0.25, 0.3) is 15.6 Å². The zero-order chi connectivity index (χ0) is 18.1. The van der Waals surface area contributed by atoms with E-state index in [1.165, 1.54) is 31.5 Å². The Morgan fingerprint density at radius 1 is 1.33 bits per heavy atom. The van der Waals surface area contributed by atoms with Crippen molar-refractivity contribution in [3.8, 4) is 0 Å². The summed E-state index contributed by atoms with van der Waals surface area (Å²) >= 11 is 7.13. The quantitative estimate of drug-likeness (QED) is 0.694. The van der Waals surface area contributed by atoms with Crippen molar-refractivity contribution in [3.63, 3.8) is 0 Å². The predicted molar refractivity (Wildman–Crippen MR) is 94.0 cm³/mol. The Balaban J connectivity index is 2.55. The minimum Gasteiger partial charge on any atom is -0.302 e. The van der Waals surface area contributed by atoms with Crippen molar-refractivity contribution in [2.75, 3.05) is 6.54 Å². The lowest BCUT2D eigenvalue weighted by Crippen LogP contribution is -2.42. The number of thiophene rings is 1. The van der Waals surface area contributed by atoms with Crippen molar-refractivity contribution in [2.45, 2.75) is 11.4 Å². The van der Waals surface area contributed by atoms with Crippen LogP contribution < -0.4 is 11.2 Å². The molecule has 0 aromatic carbocycles. The Bertz CT molecular complexity index is 988. The van der Waals surface area contributed by atoms with Crippen LogP contribution in [0.25, 0.3) is 0 Å². The van der Waals surface area contributed by atoms with Gasteiger partial charge in [-0.2, -0.15) is 4.31 Å². The van der Waals surface area contributed by atoms with Crippen LogP contribution in [0.1, 0.15) is 4.88 Å². The SMILES string of the molecule is C=CCN(Cc1ccc(Cl)s1)S(=O)(=O)c1cn(C)c(=O)n(C)c1=O. The molecule has 0 saturated heterocycles. The smallest absolute Gasteiger partial charge is 0.302 e. The molecular formula is C14H16ClN3O4S2. The van der Waals surface area contributed by atoms with Crippen LogP contribution in [0.2, 0.25) is 4.34 Å². The van der Waals surface area contributed by atoms with E-state index >= 15 is 0 Å². The summed E-state index contributed by atoms with van der Waals surface area (Å²) in [6.45, 7) is 3.63. The summed E-state index contributed by atoms with van der Waals surface area (Å²) in [7, 11) is -1.49. The summed E-state index contributed by atoms with van der Waals surface area (Å²) in [6, 6.07) is 3.39. The molecule has 0 N–H and O–H groups in total. The van der Waals surface area contributed by atoms with Crippen LogP contribution in [0, 0.1) is 0 Å². The van der Waals surface area contributed by atoms with E-state index in [0.717, 1.165) is 24.5 Å². The average Bonchev–Trinajstić information content (AvgIpc) is 2.93. The molecule has 2 aromatic heterocycles. The van der Waals surface area contributed by atoms with E-state index in [1.807, 2.05) is 0 Å². The third kappa shape index (κ3) is 3.54. The molecule has 130 valence electrons. The van der Waals surface area contributed by atoms with E-state index in [4.69, 9.17) is 11.6 Å². The number of hydrogen-bond acceptors (Lipinski definition) is 5. The van der Waals surface area contributed by atoms with Gasteiger partial charge in [-0.25, -0.2) is 13.2 Å². The molecule has 2 heterocycles. The molecule has 0 amide bonds. The van der Waals surface area contributed by atoms with Crippen molar-refractivity contribution < 1.29 is 8.42 Å². The molecule has 10 heteroatoms. The summed E-state index contributed by atoms with van der Waals surface area (Å²) < 4.78 is 29.3. The molecule has 0 bridgehead atoms. The molecule has 0 fully saturated rings. The monoisotopic (exact) mass is 389 g/mol. The lowest BCUT2D eigenvalue weighted by molar-refractivity contribution is 0.438. The fourth-order valence-corrected chi connectivity index (χ4v) is 4.82.